The largest absolute Gasteiger partial charge is 0.494 e. The van der Waals surface area contributed by atoms with Crippen LogP contribution in [0.5, 0.6) is 5.75 Å². The molecule has 6 heteroatoms. The van der Waals surface area contributed by atoms with Gasteiger partial charge in [-0.2, -0.15) is 0 Å². The van der Waals surface area contributed by atoms with Crippen LogP contribution < -0.4 is 9.88 Å². The Labute approximate surface area is 107 Å². The molecular formula is C11H16ClNO3S. The van der Waals surface area contributed by atoms with Crippen LogP contribution in [0.15, 0.2) is 24.3 Å². The summed E-state index contributed by atoms with van der Waals surface area (Å²) in [4.78, 5) is 0. The molecular weight excluding hydrogens is 262 g/mol. The first-order valence-electron chi connectivity index (χ1n) is 5.36. The van der Waals surface area contributed by atoms with Crippen LogP contribution >= 0.6 is 11.6 Å². The summed E-state index contributed by atoms with van der Waals surface area (Å²) in [6.07, 6.45) is 2.14. The van der Waals surface area contributed by atoms with Crippen LogP contribution in [0.25, 0.3) is 0 Å². The summed E-state index contributed by atoms with van der Waals surface area (Å²) < 4.78 is 26.8. The Balaban J connectivity index is 2.13. The lowest BCUT2D eigenvalue weighted by Gasteiger charge is -2.05. The Bertz CT molecular complexity index is 448. The molecule has 0 saturated heterocycles. The average Bonchev–Trinajstić information content (AvgIpc) is 2.22. The number of hydrogen-bond acceptors (Lipinski definition) is 3. The molecule has 0 saturated carbocycles. The van der Waals surface area contributed by atoms with Crippen molar-refractivity contribution in [2.24, 2.45) is 5.14 Å². The van der Waals surface area contributed by atoms with Gasteiger partial charge >= 0.3 is 0 Å². The summed E-state index contributed by atoms with van der Waals surface area (Å²) in [5, 5.41) is 5.52. The van der Waals surface area contributed by atoms with E-state index < -0.39 is 10.0 Å². The van der Waals surface area contributed by atoms with Gasteiger partial charge in [-0.3, -0.25) is 0 Å². The Morgan fingerprint density at radius 1 is 1.24 bits per heavy atom. The molecule has 0 amide bonds. The van der Waals surface area contributed by atoms with Crippen molar-refractivity contribution in [3.8, 4) is 5.75 Å². The quantitative estimate of drug-likeness (QED) is 0.777. The van der Waals surface area contributed by atoms with Crippen LogP contribution in [0.1, 0.15) is 19.3 Å². The molecule has 0 aromatic heterocycles. The first-order chi connectivity index (χ1) is 7.97. The number of sulfonamides is 1. The second-order valence-electron chi connectivity index (χ2n) is 3.73. The molecule has 4 nitrogen and oxygen atoms in total. The molecule has 0 bridgehead atoms. The molecule has 2 N–H and O–H groups in total. The third-order valence-corrected chi connectivity index (χ3v) is 3.23. The second-order valence-corrected chi connectivity index (χ2v) is 5.90. The Morgan fingerprint density at radius 3 is 2.65 bits per heavy atom. The highest BCUT2D eigenvalue weighted by molar-refractivity contribution is 7.89. The third-order valence-electron chi connectivity index (χ3n) is 2.14. The molecule has 0 aliphatic rings. The van der Waals surface area contributed by atoms with E-state index >= 15 is 0 Å². The molecule has 0 spiro atoms. The minimum atomic E-state index is -3.33. The van der Waals surface area contributed by atoms with Crippen molar-refractivity contribution in [3.63, 3.8) is 0 Å². The minimum absolute atomic E-state index is 0.0319. The maximum atomic E-state index is 10.7. The molecule has 96 valence electrons. The molecule has 0 heterocycles. The van der Waals surface area contributed by atoms with Crippen LogP contribution in [-0.2, 0) is 10.0 Å². The summed E-state index contributed by atoms with van der Waals surface area (Å²) in [5.74, 6) is 0.758. The highest BCUT2D eigenvalue weighted by Crippen LogP contribution is 2.17. The smallest absolute Gasteiger partial charge is 0.209 e. The standard InChI is InChI=1S/C11H16ClNO3S/c12-10-5-4-6-11(9-10)16-7-2-1-3-8-17(13,14)15/h4-6,9H,1-3,7-8H2,(H2,13,14,15). The first-order valence-corrected chi connectivity index (χ1v) is 7.45. The van der Waals surface area contributed by atoms with E-state index in [1.807, 2.05) is 12.1 Å². The molecule has 0 atom stereocenters. The molecule has 0 fully saturated rings. The zero-order valence-corrected chi connectivity index (χ0v) is 11.0. The van der Waals surface area contributed by atoms with E-state index in [0.717, 1.165) is 18.6 Å². The number of benzene rings is 1. The van der Waals surface area contributed by atoms with Gasteiger partial charge in [-0.1, -0.05) is 17.7 Å². The molecule has 1 aromatic rings. The lowest BCUT2D eigenvalue weighted by molar-refractivity contribution is 0.306. The van der Waals surface area contributed by atoms with E-state index in [0.29, 0.717) is 18.1 Å². The molecule has 17 heavy (non-hydrogen) atoms. The highest BCUT2D eigenvalue weighted by Gasteiger charge is 2.01. The average molecular weight is 278 g/mol. The normalized spacial score (nSPS) is 11.4. The summed E-state index contributed by atoms with van der Waals surface area (Å²) in [7, 11) is -3.33. The third kappa shape index (κ3) is 7.20. The van der Waals surface area contributed by atoms with Crippen LogP contribution in [0, 0.1) is 0 Å². The first kappa shape index (κ1) is 14.3. The van der Waals surface area contributed by atoms with Gasteiger partial charge in [0.1, 0.15) is 5.75 Å². The number of nitrogens with two attached hydrogens (primary N) is 1. The van der Waals surface area contributed by atoms with Crippen molar-refractivity contribution in [2.75, 3.05) is 12.4 Å². The van der Waals surface area contributed by atoms with E-state index in [-0.39, 0.29) is 5.75 Å². The van der Waals surface area contributed by atoms with Gasteiger partial charge in [0.05, 0.1) is 12.4 Å². The van der Waals surface area contributed by atoms with Crippen molar-refractivity contribution in [3.05, 3.63) is 29.3 Å². The number of ether oxygens (including phenoxy) is 1. The van der Waals surface area contributed by atoms with Gasteiger partial charge < -0.3 is 4.74 Å². The molecule has 0 radical (unpaired) electrons. The Morgan fingerprint density at radius 2 is 2.00 bits per heavy atom. The number of hydrogen-bond donors (Lipinski definition) is 1. The number of unbranched alkanes of at least 4 members (excludes halogenated alkanes) is 2. The maximum Gasteiger partial charge on any atom is 0.209 e. The van der Waals surface area contributed by atoms with Crippen LogP contribution in [0.3, 0.4) is 0 Å². The van der Waals surface area contributed by atoms with Crippen molar-refractivity contribution in [2.45, 2.75) is 19.3 Å². The van der Waals surface area contributed by atoms with E-state index in [2.05, 4.69) is 0 Å². The van der Waals surface area contributed by atoms with E-state index in [9.17, 15) is 8.42 Å². The van der Waals surface area contributed by atoms with Crippen LogP contribution in [-0.4, -0.2) is 20.8 Å². The van der Waals surface area contributed by atoms with Gasteiger partial charge in [-0.05, 0) is 37.5 Å². The fraction of sp³-hybridized carbons (Fsp3) is 0.455. The van der Waals surface area contributed by atoms with Crippen molar-refractivity contribution >= 4 is 21.6 Å². The van der Waals surface area contributed by atoms with E-state index in [1.54, 1.807) is 12.1 Å². The number of primary sulfonamides is 1. The fourth-order valence-corrected chi connectivity index (χ4v) is 2.12. The zero-order valence-electron chi connectivity index (χ0n) is 9.43. The second kappa shape index (κ2) is 6.83. The van der Waals surface area contributed by atoms with Gasteiger partial charge in [0.15, 0.2) is 0 Å². The molecule has 0 aliphatic carbocycles. The van der Waals surface area contributed by atoms with E-state index in [1.165, 1.54) is 0 Å². The molecule has 0 aliphatic heterocycles. The van der Waals surface area contributed by atoms with Crippen LogP contribution in [0.4, 0.5) is 0 Å². The monoisotopic (exact) mass is 277 g/mol. The minimum Gasteiger partial charge on any atom is -0.494 e. The van der Waals surface area contributed by atoms with Crippen molar-refractivity contribution in [1.29, 1.82) is 0 Å². The SMILES string of the molecule is NS(=O)(=O)CCCCCOc1cccc(Cl)c1. The predicted molar refractivity (Wildman–Crippen MR) is 68.8 cm³/mol. The van der Waals surface area contributed by atoms with Gasteiger partial charge in [-0.25, -0.2) is 13.6 Å². The van der Waals surface area contributed by atoms with Gasteiger partial charge in [0.25, 0.3) is 0 Å². The lowest BCUT2D eigenvalue weighted by atomic mass is 10.3. The summed E-state index contributed by atoms with van der Waals surface area (Å²) in [6, 6.07) is 7.17. The summed E-state index contributed by atoms with van der Waals surface area (Å²) in [5.41, 5.74) is 0. The highest BCUT2D eigenvalue weighted by atomic mass is 35.5. The summed E-state index contributed by atoms with van der Waals surface area (Å²) >= 11 is 5.80. The topological polar surface area (TPSA) is 69.4 Å². The maximum absolute atomic E-state index is 10.7. The number of halogens is 1. The van der Waals surface area contributed by atoms with E-state index in [4.69, 9.17) is 21.5 Å². The zero-order chi connectivity index (χ0) is 12.7. The van der Waals surface area contributed by atoms with Gasteiger partial charge in [-0.15, -0.1) is 0 Å². The fourth-order valence-electron chi connectivity index (χ4n) is 1.33. The number of rotatable bonds is 7. The Hall–Kier alpha value is -0.780. The summed E-state index contributed by atoms with van der Waals surface area (Å²) in [6.45, 7) is 0.547. The van der Waals surface area contributed by atoms with Crippen molar-refractivity contribution < 1.29 is 13.2 Å². The lowest BCUT2D eigenvalue weighted by Crippen LogP contribution is -2.16. The molecule has 0 unspecified atom stereocenters. The van der Waals surface area contributed by atoms with Crippen LogP contribution in [0.2, 0.25) is 5.02 Å². The van der Waals surface area contributed by atoms with Gasteiger partial charge in [0.2, 0.25) is 10.0 Å². The predicted octanol–water partition coefficient (Wildman–Crippen LogP) is 2.18. The van der Waals surface area contributed by atoms with Crippen molar-refractivity contribution in [1.82, 2.24) is 0 Å². The molecule has 1 aromatic carbocycles. The molecule has 1 rings (SSSR count). The van der Waals surface area contributed by atoms with Gasteiger partial charge in [0, 0.05) is 5.02 Å². The Kier molecular flexibility index (Phi) is 5.74.